The van der Waals surface area contributed by atoms with Crippen LogP contribution in [0.15, 0.2) is 36.4 Å². The molecule has 0 aliphatic rings. The number of hydrogen-bond acceptors (Lipinski definition) is 0. The van der Waals surface area contributed by atoms with Crippen LogP contribution in [-0.2, 0) is 20.8 Å². The van der Waals surface area contributed by atoms with Crippen LogP contribution in [-0.4, -0.2) is 0 Å². The van der Waals surface area contributed by atoms with Crippen LogP contribution < -0.4 is 0 Å². The zero-order valence-electron chi connectivity index (χ0n) is 14.2. The van der Waals surface area contributed by atoms with Gasteiger partial charge in [0, 0.05) is 0 Å². The summed E-state index contributed by atoms with van der Waals surface area (Å²) >= 11 is -0.826. The number of halogens is 2. The summed E-state index contributed by atoms with van der Waals surface area (Å²) in [7, 11) is 9.87. The Morgan fingerprint density at radius 2 is 1.43 bits per heavy atom. The molecule has 0 spiro atoms. The molecule has 0 aromatic heterocycles. The normalized spacial score (nSPS) is 10.4. The molecular formula is C20H21Cl2Zr-. The van der Waals surface area contributed by atoms with Crippen molar-refractivity contribution in [3.05, 3.63) is 64.2 Å². The molecule has 0 aliphatic carbocycles. The fraction of sp³-hybridized carbons (Fsp3) is 0.250. The van der Waals surface area contributed by atoms with Crippen LogP contribution in [0.25, 0.3) is 21.9 Å². The van der Waals surface area contributed by atoms with E-state index in [1.54, 1.807) is 0 Å². The van der Waals surface area contributed by atoms with E-state index >= 15 is 0 Å². The molecule has 0 amide bonds. The summed E-state index contributed by atoms with van der Waals surface area (Å²) < 4.78 is 0. The first-order valence-corrected chi connectivity index (χ1v) is 13.9. The Labute approximate surface area is 157 Å². The zero-order chi connectivity index (χ0) is 17.1. The van der Waals surface area contributed by atoms with Gasteiger partial charge in [-0.05, 0) is 49.9 Å². The van der Waals surface area contributed by atoms with E-state index in [-0.39, 0.29) is 0 Å². The Hall–Kier alpha value is -0.487. The van der Waals surface area contributed by atoms with E-state index < -0.39 is 20.8 Å². The van der Waals surface area contributed by atoms with E-state index in [9.17, 15) is 0 Å². The van der Waals surface area contributed by atoms with E-state index in [0.717, 1.165) is 0 Å². The fourth-order valence-electron chi connectivity index (χ4n) is 3.13. The van der Waals surface area contributed by atoms with Gasteiger partial charge in [-0.25, -0.2) is 0 Å². The van der Waals surface area contributed by atoms with Crippen molar-refractivity contribution in [1.29, 1.82) is 0 Å². The maximum atomic E-state index is 4.93. The van der Waals surface area contributed by atoms with Crippen molar-refractivity contribution in [2.75, 3.05) is 0 Å². The summed E-state index contributed by atoms with van der Waals surface area (Å²) in [6, 6.07) is 13.6. The number of aryl methyl sites for hydroxylation is 3. The van der Waals surface area contributed by atoms with Crippen LogP contribution in [0.4, 0.5) is 0 Å². The van der Waals surface area contributed by atoms with E-state index in [0.29, 0.717) is 0 Å². The average molecular weight is 424 g/mol. The van der Waals surface area contributed by atoms with E-state index in [1.165, 1.54) is 49.7 Å². The molecule has 0 unspecified atom stereocenters. The molecule has 0 heterocycles. The standard InChI is InChI=1S/C20H21.2ClH.Zr/c1-12-10-17-8-6-14(3)20(19(17)11-12)18-9-7-13(2)15(4)16(18)5;;;/h6-11H,1-5H3;2*1H;/q-1;;;+2/p-2. The van der Waals surface area contributed by atoms with Gasteiger partial charge < -0.3 is 0 Å². The van der Waals surface area contributed by atoms with Gasteiger partial charge in [0.1, 0.15) is 0 Å². The third-order valence-electron chi connectivity index (χ3n) is 4.57. The summed E-state index contributed by atoms with van der Waals surface area (Å²) in [4.78, 5) is 0. The number of benzene rings is 2. The fourth-order valence-corrected chi connectivity index (χ4v) is 3.13. The quantitative estimate of drug-likeness (QED) is 0.365. The Bertz CT molecular complexity index is 831. The average Bonchev–Trinajstić information content (AvgIpc) is 2.87. The molecular weight excluding hydrogens is 402 g/mol. The van der Waals surface area contributed by atoms with Crippen LogP contribution in [0.5, 0.6) is 0 Å². The van der Waals surface area contributed by atoms with Gasteiger partial charge >= 0.3 is 37.9 Å². The summed E-state index contributed by atoms with van der Waals surface area (Å²) in [6.07, 6.45) is 0. The first-order chi connectivity index (χ1) is 10.9. The Balaban J connectivity index is 0.000000595. The predicted octanol–water partition coefficient (Wildman–Crippen LogP) is 7.14. The van der Waals surface area contributed by atoms with Crippen LogP contribution in [0.3, 0.4) is 0 Å². The topological polar surface area (TPSA) is 0 Å². The van der Waals surface area contributed by atoms with Crippen LogP contribution in [0.1, 0.15) is 27.8 Å². The summed E-state index contributed by atoms with van der Waals surface area (Å²) in [5.41, 5.74) is 9.65. The Kier molecular flexibility index (Phi) is 6.60. The Morgan fingerprint density at radius 3 is 2.09 bits per heavy atom. The van der Waals surface area contributed by atoms with Crippen molar-refractivity contribution < 1.29 is 20.8 Å². The molecule has 3 heteroatoms. The minimum atomic E-state index is -0.826. The molecule has 0 radical (unpaired) electrons. The third-order valence-corrected chi connectivity index (χ3v) is 4.57. The van der Waals surface area contributed by atoms with Gasteiger partial charge in [-0.3, -0.25) is 0 Å². The summed E-state index contributed by atoms with van der Waals surface area (Å²) in [6.45, 7) is 11.0. The van der Waals surface area contributed by atoms with Gasteiger partial charge in [-0.15, -0.1) is 34.5 Å². The molecule has 0 fully saturated rings. The molecule has 0 aliphatic heterocycles. The van der Waals surface area contributed by atoms with Crippen molar-refractivity contribution in [2.24, 2.45) is 0 Å². The van der Waals surface area contributed by atoms with Crippen LogP contribution in [0, 0.1) is 34.6 Å². The van der Waals surface area contributed by atoms with Crippen molar-refractivity contribution in [2.45, 2.75) is 34.6 Å². The second-order valence-corrected chi connectivity index (χ2v) is 9.78. The van der Waals surface area contributed by atoms with Crippen molar-refractivity contribution in [1.82, 2.24) is 0 Å². The second-order valence-electron chi connectivity index (χ2n) is 6.04. The molecule has 0 bridgehead atoms. The minimum absolute atomic E-state index is 0.826. The predicted molar refractivity (Wildman–Crippen MR) is 100 cm³/mol. The van der Waals surface area contributed by atoms with Crippen molar-refractivity contribution in [3.8, 4) is 11.1 Å². The third kappa shape index (κ3) is 3.95. The van der Waals surface area contributed by atoms with Gasteiger partial charge in [-0.1, -0.05) is 30.2 Å². The molecule has 0 nitrogen and oxygen atoms in total. The second kappa shape index (κ2) is 8.06. The van der Waals surface area contributed by atoms with Crippen LogP contribution >= 0.6 is 17.0 Å². The molecule has 0 N–H and O–H groups in total. The first-order valence-electron chi connectivity index (χ1n) is 7.60. The molecule has 3 rings (SSSR count). The molecule has 0 saturated heterocycles. The van der Waals surface area contributed by atoms with E-state index in [2.05, 4.69) is 71.0 Å². The Morgan fingerprint density at radius 1 is 0.826 bits per heavy atom. The van der Waals surface area contributed by atoms with Gasteiger partial charge in [-0.2, -0.15) is 6.07 Å². The molecule has 3 aromatic rings. The number of fused-ring (bicyclic) bond motifs is 1. The number of rotatable bonds is 1. The zero-order valence-corrected chi connectivity index (χ0v) is 18.2. The van der Waals surface area contributed by atoms with Crippen LogP contribution in [0.2, 0.25) is 0 Å². The van der Waals surface area contributed by atoms with Gasteiger partial charge in [0.25, 0.3) is 0 Å². The molecule has 23 heavy (non-hydrogen) atoms. The first kappa shape index (κ1) is 18.8. The molecule has 0 saturated carbocycles. The SMILES string of the molecule is Cc1cc2c(-c3ccc(C)c(C)c3C)c(C)ccc2[cH-]1.[Cl][Zr][Cl]. The van der Waals surface area contributed by atoms with Crippen molar-refractivity contribution >= 4 is 27.8 Å². The molecule has 3 aromatic carbocycles. The van der Waals surface area contributed by atoms with E-state index in [1.807, 2.05) is 0 Å². The molecule has 120 valence electrons. The number of hydrogen-bond donors (Lipinski definition) is 0. The van der Waals surface area contributed by atoms with Crippen molar-refractivity contribution in [3.63, 3.8) is 0 Å². The van der Waals surface area contributed by atoms with Gasteiger partial charge in [0.2, 0.25) is 0 Å². The van der Waals surface area contributed by atoms with Gasteiger partial charge in [0.05, 0.1) is 0 Å². The summed E-state index contributed by atoms with van der Waals surface area (Å²) in [5.74, 6) is 0. The maximum absolute atomic E-state index is 4.93. The van der Waals surface area contributed by atoms with E-state index in [4.69, 9.17) is 17.0 Å². The van der Waals surface area contributed by atoms with Gasteiger partial charge in [0.15, 0.2) is 0 Å². The summed E-state index contributed by atoms with van der Waals surface area (Å²) in [5, 5.41) is 2.73. The monoisotopic (exact) mass is 421 g/mol. The molecule has 0 atom stereocenters.